The van der Waals surface area contributed by atoms with Crippen molar-refractivity contribution >= 4 is 33.3 Å². The second-order valence-corrected chi connectivity index (χ2v) is 7.71. The van der Waals surface area contributed by atoms with Crippen molar-refractivity contribution < 1.29 is 9.90 Å². The molecule has 2 heterocycles. The van der Waals surface area contributed by atoms with Crippen molar-refractivity contribution in [3.05, 3.63) is 64.6 Å². The van der Waals surface area contributed by atoms with Gasteiger partial charge < -0.3 is 9.67 Å². The highest BCUT2D eigenvalue weighted by Crippen LogP contribution is 2.39. The van der Waals surface area contributed by atoms with Crippen molar-refractivity contribution in [3.63, 3.8) is 0 Å². The molecule has 31 heavy (non-hydrogen) atoms. The molecule has 0 aliphatic carbocycles. The quantitative estimate of drug-likeness (QED) is 0.477. The van der Waals surface area contributed by atoms with Crippen LogP contribution in [0.1, 0.15) is 31.3 Å². The first-order valence-corrected chi connectivity index (χ1v) is 10.2. The number of aromatic hydroxyl groups is 1. The van der Waals surface area contributed by atoms with Crippen LogP contribution in [0.15, 0.2) is 63.6 Å². The normalized spacial score (nSPS) is 11.9. The zero-order chi connectivity index (χ0) is 22.1. The lowest BCUT2D eigenvalue weighted by Gasteiger charge is -2.09. The summed E-state index contributed by atoms with van der Waals surface area (Å²) >= 11 is 0. The summed E-state index contributed by atoms with van der Waals surface area (Å²) in [6, 6.07) is 14.2. The Bertz CT molecular complexity index is 1380. The molecule has 0 radical (unpaired) electrons. The lowest BCUT2D eigenvalue weighted by Crippen LogP contribution is -2.24. The summed E-state index contributed by atoms with van der Waals surface area (Å²) < 4.78 is 3.00. The third-order valence-corrected chi connectivity index (χ3v) is 5.08. The van der Waals surface area contributed by atoms with Crippen LogP contribution in [-0.4, -0.2) is 25.4 Å². The van der Waals surface area contributed by atoms with Gasteiger partial charge in [-0.15, -0.1) is 10.2 Å². The number of hydrogen-bond donors (Lipinski definition) is 1. The van der Waals surface area contributed by atoms with E-state index in [-0.39, 0.29) is 22.8 Å². The molecule has 8 heteroatoms. The molecule has 2 aromatic carbocycles. The molecule has 0 aliphatic rings. The molecule has 8 nitrogen and oxygen atoms in total. The number of nitrogens with zero attached hydrogens (tertiary/aromatic N) is 5. The molecule has 0 saturated heterocycles. The van der Waals surface area contributed by atoms with Gasteiger partial charge in [0.05, 0.1) is 10.9 Å². The summed E-state index contributed by atoms with van der Waals surface area (Å²) in [6.45, 7) is 6.81. The maximum Gasteiger partial charge on any atom is 0.316 e. The molecule has 0 atom stereocenters. The monoisotopic (exact) mass is 417 g/mol. The molecule has 2 aromatic heterocycles. The minimum atomic E-state index is -0.682. The van der Waals surface area contributed by atoms with Crippen molar-refractivity contribution in [3.8, 4) is 5.88 Å². The Balaban J connectivity index is 1.81. The Morgan fingerprint density at radius 1 is 1.06 bits per heavy atom. The van der Waals surface area contributed by atoms with E-state index in [2.05, 4.69) is 29.2 Å². The molecule has 4 rings (SSSR count). The summed E-state index contributed by atoms with van der Waals surface area (Å²) in [5, 5.41) is 24.4. The van der Waals surface area contributed by atoms with E-state index in [0.717, 1.165) is 5.52 Å². The fourth-order valence-corrected chi connectivity index (χ4v) is 3.67. The zero-order valence-corrected chi connectivity index (χ0v) is 17.6. The van der Waals surface area contributed by atoms with E-state index in [9.17, 15) is 14.7 Å². The van der Waals surface area contributed by atoms with Gasteiger partial charge in [0.2, 0.25) is 5.88 Å². The van der Waals surface area contributed by atoms with Gasteiger partial charge in [-0.1, -0.05) is 50.2 Å². The summed E-state index contributed by atoms with van der Waals surface area (Å²) in [4.78, 5) is 25.4. The van der Waals surface area contributed by atoms with Crippen LogP contribution in [-0.2, 0) is 13.1 Å². The Kier molecular flexibility index (Phi) is 5.37. The van der Waals surface area contributed by atoms with E-state index >= 15 is 0 Å². The van der Waals surface area contributed by atoms with Gasteiger partial charge >= 0.3 is 5.91 Å². The zero-order valence-electron chi connectivity index (χ0n) is 17.6. The third-order valence-electron chi connectivity index (χ3n) is 5.08. The second kappa shape index (κ2) is 8.14. The molecule has 158 valence electrons. The molecular weight excluding hydrogens is 394 g/mol. The topological polar surface area (TPSA) is 102 Å². The molecular formula is C23H23N5O3. The van der Waals surface area contributed by atoms with Gasteiger partial charge in [-0.2, -0.15) is 5.10 Å². The minimum Gasteiger partial charge on any atom is -0.493 e. The van der Waals surface area contributed by atoms with Crippen molar-refractivity contribution in [2.45, 2.75) is 33.9 Å². The molecule has 0 aliphatic heterocycles. The number of benzene rings is 2. The van der Waals surface area contributed by atoms with Gasteiger partial charge in [-0.3, -0.25) is 9.59 Å². The Labute approximate surface area is 178 Å². The number of aromatic nitrogens is 3. The lowest BCUT2D eigenvalue weighted by atomic mass is 10.1. The highest BCUT2D eigenvalue weighted by atomic mass is 16.3. The fourth-order valence-electron chi connectivity index (χ4n) is 3.67. The van der Waals surface area contributed by atoms with Gasteiger partial charge in [0, 0.05) is 23.9 Å². The molecule has 0 saturated carbocycles. The number of carbonyl (C=O) groups is 1. The van der Waals surface area contributed by atoms with Crippen LogP contribution in [0, 0.1) is 5.92 Å². The van der Waals surface area contributed by atoms with E-state index in [4.69, 9.17) is 0 Å². The Hall–Kier alpha value is -3.81. The number of amides is 1. The molecule has 1 amide bonds. The highest BCUT2D eigenvalue weighted by molar-refractivity contribution is 6.05. The number of para-hydroxylation sites is 1. The minimum absolute atomic E-state index is 0.0391. The number of rotatable bonds is 5. The number of fused-ring (bicyclic) bond motifs is 2. The first kappa shape index (κ1) is 20.5. The summed E-state index contributed by atoms with van der Waals surface area (Å²) in [7, 11) is 0. The lowest BCUT2D eigenvalue weighted by molar-refractivity contribution is 0.0990. The van der Waals surface area contributed by atoms with Crippen LogP contribution in [0.2, 0.25) is 0 Å². The smallest absolute Gasteiger partial charge is 0.316 e. The van der Waals surface area contributed by atoms with Crippen molar-refractivity contribution in [1.82, 2.24) is 14.3 Å². The second-order valence-electron chi connectivity index (χ2n) is 7.71. The largest absolute Gasteiger partial charge is 0.493 e. The molecule has 0 bridgehead atoms. The highest BCUT2D eigenvalue weighted by Gasteiger charge is 2.19. The number of hydrogen-bond acceptors (Lipinski definition) is 5. The standard InChI is InChI=1S/C23H23N5O3/c1-4-28-22(30)16-10-6-5-9-15(16)19(26-28)21(29)25-24-20-17-11-7-8-12-18(17)27(23(20)31)13-14(2)3/h5-12,14,31H,4,13H2,1-3H3. The number of aryl methyl sites for hydroxylation is 1. The van der Waals surface area contributed by atoms with E-state index in [0.29, 0.717) is 35.2 Å². The predicted octanol–water partition coefficient (Wildman–Crippen LogP) is 4.66. The van der Waals surface area contributed by atoms with Crippen LogP contribution in [0.25, 0.3) is 21.7 Å². The van der Waals surface area contributed by atoms with Gasteiger partial charge in [0.25, 0.3) is 5.56 Å². The van der Waals surface area contributed by atoms with E-state index in [1.165, 1.54) is 4.68 Å². The van der Waals surface area contributed by atoms with Crippen molar-refractivity contribution in [1.29, 1.82) is 0 Å². The van der Waals surface area contributed by atoms with Crippen LogP contribution in [0.5, 0.6) is 5.88 Å². The van der Waals surface area contributed by atoms with Crippen molar-refractivity contribution in [2.75, 3.05) is 0 Å². The maximum absolute atomic E-state index is 12.9. The van der Waals surface area contributed by atoms with Gasteiger partial charge in [-0.25, -0.2) is 4.68 Å². The SMILES string of the molecule is CCn1nc(C(=O)N=Nc2c(O)n(CC(C)C)c3ccccc23)c2ccccc2c1=O. The Morgan fingerprint density at radius 2 is 1.71 bits per heavy atom. The average Bonchev–Trinajstić information content (AvgIpc) is 3.03. The fraction of sp³-hybridized carbons (Fsp3) is 0.261. The Morgan fingerprint density at radius 3 is 2.39 bits per heavy atom. The number of carbonyl (C=O) groups excluding carboxylic acids is 1. The van der Waals surface area contributed by atoms with Crippen LogP contribution in [0.3, 0.4) is 0 Å². The summed E-state index contributed by atoms with van der Waals surface area (Å²) in [5.74, 6) is -0.417. The maximum atomic E-state index is 12.9. The molecule has 0 fully saturated rings. The van der Waals surface area contributed by atoms with Gasteiger partial charge in [-0.05, 0) is 25.0 Å². The average molecular weight is 417 g/mol. The van der Waals surface area contributed by atoms with Crippen LogP contribution >= 0.6 is 0 Å². The van der Waals surface area contributed by atoms with Crippen LogP contribution in [0.4, 0.5) is 5.69 Å². The van der Waals surface area contributed by atoms with E-state index in [1.54, 1.807) is 35.8 Å². The third kappa shape index (κ3) is 3.61. The molecule has 0 spiro atoms. The molecule has 1 N–H and O–H groups in total. The van der Waals surface area contributed by atoms with Gasteiger partial charge in [0.1, 0.15) is 0 Å². The molecule has 0 unspecified atom stereocenters. The van der Waals surface area contributed by atoms with Crippen LogP contribution < -0.4 is 5.56 Å². The number of azo groups is 1. The first-order chi connectivity index (χ1) is 14.9. The van der Waals surface area contributed by atoms with E-state index < -0.39 is 5.91 Å². The summed E-state index contributed by atoms with van der Waals surface area (Å²) in [5.41, 5.74) is 0.836. The van der Waals surface area contributed by atoms with E-state index in [1.807, 2.05) is 24.3 Å². The molecule has 4 aromatic rings. The predicted molar refractivity (Wildman–Crippen MR) is 119 cm³/mol. The first-order valence-electron chi connectivity index (χ1n) is 10.2. The van der Waals surface area contributed by atoms with Crippen molar-refractivity contribution in [2.24, 2.45) is 16.1 Å². The van der Waals surface area contributed by atoms with Gasteiger partial charge in [0.15, 0.2) is 11.4 Å². The summed E-state index contributed by atoms with van der Waals surface area (Å²) in [6.07, 6.45) is 0.